The Bertz CT molecular complexity index is 499. The van der Waals surface area contributed by atoms with E-state index in [0.29, 0.717) is 11.0 Å². The van der Waals surface area contributed by atoms with E-state index in [-0.39, 0.29) is 5.92 Å². The molecule has 84 valence electrons. The highest BCUT2D eigenvalue weighted by molar-refractivity contribution is 9.10. The van der Waals surface area contributed by atoms with Crippen molar-refractivity contribution in [3.8, 4) is 11.5 Å². The maximum atomic E-state index is 6.06. The van der Waals surface area contributed by atoms with Crippen molar-refractivity contribution < 1.29 is 0 Å². The molecular weight excluding hydrogens is 310 g/mol. The summed E-state index contributed by atoms with van der Waals surface area (Å²) in [5.74, 6) is 0.866. The highest BCUT2D eigenvalue weighted by atomic mass is 79.9. The van der Waals surface area contributed by atoms with E-state index in [1.807, 2.05) is 5.38 Å². The van der Waals surface area contributed by atoms with Crippen molar-refractivity contribution in [2.24, 2.45) is 0 Å². The Hall–Kier alpha value is -0.520. The van der Waals surface area contributed by atoms with E-state index in [2.05, 4.69) is 44.7 Å². The van der Waals surface area contributed by atoms with E-state index < -0.39 is 0 Å². The van der Waals surface area contributed by atoms with Gasteiger partial charge in [0.2, 0.25) is 0 Å². The van der Waals surface area contributed by atoms with Crippen LogP contribution < -0.4 is 0 Å². The van der Waals surface area contributed by atoms with Crippen molar-refractivity contribution in [3.05, 3.63) is 26.2 Å². The Morgan fingerprint density at radius 3 is 2.69 bits per heavy atom. The highest BCUT2D eigenvalue weighted by Gasteiger charge is 2.15. The minimum absolute atomic E-state index is 0.285. The van der Waals surface area contributed by atoms with Crippen LogP contribution in [0, 0.1) is 0 Å². The largest absolute Gasteiger partial charge is 0.241 e. The summed E-state index contributed by atoms with van der Waals surface area (Å²) in [7, 11) is 0. The van der Waals surface area contributed by atoms with Crippen molar-refractivity contribution in [2.45, 2.75) is 19.8 Å². The van der Waals surface area contributed by atoms with Gasteiger partial charge in [-0.05, 0) is 21.8 Å². The number of rotatable bonds is 2. The fraction of sp³-hybridized carbons (Fsp3) is 0.300. The lowest BCUT2D eigenvalue weighted by molar-refractivity contribution is 0.808. The van der Waals surface area contributed by atoms with Gasteiger partial charge in [-0.15, -0.1) is 11.3 Å². The smallest absolute Gasteiger partial charge is 0.180 e. The topological polar surface area (TPSA) is 38.7 Å². The molecule has 0 aliphatic rings. The summed E-state index contributed by atoms with van der Waals surface area (Å²) in [6.07, 6.45) is 0. The molecule has 6 heteroatoms. The molecule has 2 aromatic heterocycles. The second-order valence-electron chi connectivity index (χ2n) is 3.57. The van der Waals surface area contributed by atoms with E-state index in [9.17, 15) is 0 Å². The van der Waals surface area contributed by atoms with Crippen molar-refractivity contribution in [1.82, 2.24) is 15.0 Å². The third-order valence-corrected chi connectivity index (χ3v) is 3.91. The van der Waals surface area contributed by atoms with Gasteiger partial charge < -0.3 is 0 Å². The minimum atomic E-state index is 0.285. The summed E-state index contributed by atoms with van der Waals surface area (Å²) in [4.78, 5) is 12.9. The van der Waals surface area contributed by atoms with E-state index in [1.165, 1.54) is 11.3 Å². The first-order valence-corrected chi connectivity index (χ1v) is 6.82. The second kappa shape index (κ2) is 4.77. The van der Waals surface area contributed by atoms with Crippen LogP contribution in [0.3, 0.4) is 0 Å². The maximum Gasteiger partial charge on any atom is 0.180 e. The molecule has 3 nitrogen and oxygen atoms in total. The van der Waals surface area contributed by atoms with Gasteiger partial charge in [0.05, 0.1) is 15.7 Å². The Morgan fingerprint density at radius 1 is 1.38 bits per heavy atom. The van der Waals surface area contributed by atoms with Crippen LogP contribution in [0.25, 0.3) is 11.5 Å². The number of halogens is 2. The standard InChI is InChI=1S/C10H9BrClN3S/c1-5(2)8-7(11)9(12)15-10(14-8)6-3-16-4-13-6/h3-5H,1-2H3. The summed E-state index contributed by atoms with van der Waals surface area (Å²) in [5.41, 5.74) is 3.42. The van der Waals surface area contributed by atoms with E-state index in [4.69, 9.17) is 11.6 Å². The molecule has 2 heterocycles. The van der Waals surface area contributed by atoms with Crippen molar-refractivity contribution in [3.63, 3.8) is 0 Å². The summed E-state index contributed by atoms with van der Waals surface area (Å²) in [6, 6.07) is 0. The van der Waals surface area contributed by atoms with Crippen LogP contribution in [0.5, 0.6) is 0 Å². The van der Waals surface area contributed by atoms with Crippen LogP contribution in [0.2, 0.25) is 5.15 Å². The Kier molecular flexibility index (Phi) is 3.56. The average molecular weight is 319 g/mol. The van der Waals surface area contributed by atoms with Crippen LogP contribution in [0.4, 0.5) is 0 Å². The Balaban J connectivity index is 2.57. The quantitative estimate of drug-likeness (QED) is 0.781. The molecule has 0 unspecified atom stereocenters. The van der Waals surface area contributed by atoms with Gasteiger partial charge in [0.15, 0.2) is 5.82 Å². The second-order valence-corrected chi connectivity index (χ2v) is 5.44. The summed E-state index contributed by atoms with van der Waals surface area (Å²) < 4.78 is 0.767. The number of nitrogens with zero attached hydrogens (tertiary/aromatic N) is 3. The Morgan fingerprint density at radius 2 is 2.12 bits per heavy atom. The van der Waals surface area contributed by atoms with Gasteiger partial charge >= 0.3 is 0 Å². The lowest BCUT2D eigenvalue weighted by atomic mass is 10.1. The third kappa shape index (κ3) is 2.26. The zero-order chi connectivity index (χ0) is 11.7. The minimum Gasteiger partial charge on any atom is -0.241 e. The maximum absolute atomic E-state index is 6.06. The monoisotopic (exact) mass is 317 g/mol. The molecule has 0 spiro atoms. The van der Waals surface area contributed by atoms with Gasteiger partial charge in [-0.3, -0.25) is 0 Å². The SMILES string of the molecule is CC(C)c1nc(-c2cscn2)nc(Cl)c1Br. The predicted molar refractivity (Wildman–Crippen MR) is 69.9 cm³/mol. The van der Waals surface area contributed by atoms with Gasteiger partial charge in [0, 0.05) is 5.38 Å². The van der Waals surface area contributed by atoms with Gasteiger partial charge in [0.1, 0.15) is 10.8 Å². The molecule has 2 aromatic rings. The van der Waals surface area contributed by atoms with Crippen LogP contribution >= 0.6 is 38.9 Å². The lowest BCUT2D eigenvalue weighted by Gasteiger charge is -2.09. The van der Waals surface area contributed by atoms with Crippen molar-refractivity contribution in [1.29, 1.82) is 0 Å². The number of thiazole rings is 1. The molecule has 0 radical (unpaired) electrons. The Labute approximate surface area is 111 Å². The molecule has 0 saturated heterocycles. The number of hydrogen-bond acceptors (Lipinski definition) is 4. The molecule has 0 fully saturated rings. The van der Waals surface area contributed by atoms with Crippen molar-refractivity contribution in [2.75, 3.05) is 0 Å². The van der Waals surface area contributed by atoms with Crippen LogP contribution in [0.15, 0.2) is 15.4 Å². The van der Waals surface area contributed by atoms with Crippen LogP contribution in [0.1, 0.15) is 25.5 Å². The average Bonchev–Trinajstić information content (AvgIpc) is 2.74. The predicted octanol–water partition coefficient (Wildman–Crippen LogP) is 4.14. The normalized spacial score (nSPS) is 11.1. The summed E-state index contributed by atoms with van der Waals surface area (Å²) in [5, 5.41) is 2.34. The molecular formula is C10H9BrClN3S. The van der Waals surface area contributed by atoms with Gasteiger partial charge in [0.25, 0.3) is 0 Å². The number of aromatic nitrogens is 3. The van der Waals surface area contributed by atoms with E-state index >= 15 is 0 Å². The molecule has 0 N–H and O–H groups in total. The highest BCUT2D eigenvalue weighted by Crippen LogP contribution is 2.30. The summed E-state index contributed by atoms with van der Waals surface area (Å²) in [6.45, 7) is 4.13. The van der Waals surface area contributed by atoms with E-state index in [1.54, 1.807) is 5.51 Å². The fourth-order valence-electron chi connectivity index (χ4n) is 1.26. The molecule has 0 aromatic carbocycles. The molecule has 0 aliphatic carbocycles. The molecule has 0 amide bonds. The molecule has 16 heavy (non-hydrogen) atoms. The van der Waals surface area contributed by atoms with Crippen molar-refractivity contribution >= 4 is 38.9 Å². The van der Waals surface area contributed by atoms with Crippen LogP contribution in [-0.2, 0) is 0 Å². The fourth-order valence-corrected chi connectivity index (χ4v) is 2.60. The first-order chi connectivity index (χ1) is 7.59. The first-order valence-electron chi connectivity index (χ1n) is 4.71. The van der Waals surface area contributed by atoms with Crippen LogP contribution in [-0.4, -0.2) is 15.0 Å². The zero-order valence-corrected chi connectivity index (χ0v) is 11.9. The van der Waals surface area contributed by atoms with Gasteiger partial charge in [-0.1, -0.05) is 25.4 Å². The lowest BCUT2D eigenvalue weighted by Crippen LogP contribution is -2.00. The molecule has 0 bridgehead atoms. The van der Waals surface area contributed by atoms with Gasteiger partial charge in [-0.2, -0.15) is 0 Å². The summed E-state index contributed by atoms with van der Waals surface area (Å²) >= 11 is 11.0. The molecule has 0 aliphatic heterocycles. The third-order valence-electron chi connectivity index (χ3n) is 2.04. The number of hydrogen-bond donors (Lipinski definition) is 0. The van der Waals surface area contributed by atoms with Gasteiger partial charge in [-0.25, -0.2) is 15.0 Å². The molecule has 2 rings (SSSR count). The zero-order valence-electron chi connectivity index (χ0n) is 8.74. The molecule has 0 saturated carbocycles. The van der Waals surface area contributed by atoms with E-state index in [0.717, 1.165) is 15.9 Å². The molecule has 0 atom stereocenters. The first kappa shape index (κ1) is 12.0.